The van der Waals surface area contributed by atoms with E-state index in [0.717, 1.165) is 55.0 Å². The fraction of sp³-hybridized carbons (Fsp3) is 0.625. The number of methoxy groups -OCH3 is 2. The van der Waals surface area contributed by atoms with Crippen LogP contribution in [0, 0.1) is 0 Å². The largest absolute Gasteiger partial charge is 0.391 e. The zero-order chi connectivity index (χ0) is 70.0. The smallest absolute Gasteiger partial charge is 0.164 e. The first-order valence-corrected chi connectivity index (χ1v) is 43.2. The molecule has 0 spiro atoms. The summed E-state index contributed by atoms with van der Waals surface area (Å²) in [6, 6.07) is 0. The Kier molecular flexibility index (Phi) is 28.8. The Hall–Kier alpha value is -4.32. The fourth-order valence-electron chi connectivity index (χ4n) is 10.8. The molecule has 0 aromatic carbocycles. The number of hydrogen-bond acceptors (Lipinski definition) is 24. The van der Waals surface area contributed by atoms with Gasteiger partial charge in [0, 0.05) is 79.8 Å². The van der Waals surface area contributed by atoms with Crippen molar-refractivity contribution in [2.45, 2.75) is 124 Å². The van der Waals surface area contributed by atoms with Crippen molar-refractivity contribution in [3.63, 3.8) is 0 Å². The van der Waals surface area contributed by atoms with Crippen molar-refractivity contribution in [3.8, 4) is 0 Å². The van der Waals surface area contributed by atoms with E-state index in [1.165, 1.54) is 4.90 Å². The van der Waals surface area contributed by atoms with E-state index in [4.69, 9.17) is 34.2 Å². The van der Waals surface area contributed by atoms with Gasteiger partial charge in [-0.15, -0.1) is 52.7 Å². The first-order valence-electron chi connectivity index (χ1n) is 30.9. The summed E-state index contributed by atoms with van der Waals surface area (Å²) in [6.45, 7) is 28.0. The summed E-state index contributed by atoms with van der Waals surface area (Å²) in [5, 5.41) is 74.7. The second-order valence-electron chi connectivity index (χ2n) is 27.4. The molecule has 0 bridgehead atoms. The number of nitrogens with one attached hydrogen (secondary N) is 1. The number of aliphatic hydroxyl groups is 7. The second-order valence-corrected chi connectivity index (χ2v) is 44.7. The zero-order valence-electron chi connectivity index (χ0n) is 57.7. The topological polar surface area (TPSA) is 304 Å². The molecular formula is C64H112N12O13P4. The minimum Gasteiger partial charge on any atom is -0.391 e. The normalized spacial score (nSPS) is 31.9. The summed E-state index contributed by atoms with van der Waals surface area (Å²) in [6.07, 6.45) is 26.0. The molecule has 0 amide bonds. The molecule has 0 unspecified atom stereocenters. The summed E-state index contributed by atoms with van der Waals surface area (Å²) >= 11 is 0. The highest BCUT2D eigenvalue weighted by Gasteiger charge is 2.50. The van der Waals surface area contributed by atoms with Crippen molar-refractivity contribution < 1.29 is 64.2 Å². The molecule has 0 aromatic heterocycles. The molecule has 8 aliphatic rings. The van der Waals surface area contributed by atoms with E-state index in [1.807, 2.05) is 78.4 Å². The Bertz CT molecular complexity index is 3090. The number of rotatable bonds is 19. The van der Waals surface area contributed by atoms with E-state index in [2.05, 4.69) is 130 Å². The summed E-state index contributed by atoms with van der Waals surface area (Å²) in [7, 11) is 12.6. The molecule has 93 heavy (non-hydrogen) atoms. The van der Waals surface area contributed by atoms with Crippen LogP contribution in [0.4, 0.5) is 0 Å². The van der Waals surface area contributed by atoms with Gasteiger partial charge in [-0.1, -0.05) is 26.3 Å². The van der Waals surface area contributed by atoms with E-state index in [9.17, 15) is 35.7 Å². The lowest BCUT2D eigenvalue weighted by Crippen LogP contribution is -2.47. The number of amidine groups is 4. The van der Waals surface area contributed by atoms with E-state index in [0.29, 0.717) is 41.7 Å². The molecule has 0 aromatic rings. The Balaban J connectivity index is 0.000000225. The Morgan fingerprint density at radius 2 is 0.860 bits per heavy atom. The standard InChI is InChI=1S/C17H30N3O3P.2C16H28N3O3P.C15H26N3O4P/c1-12-18-14(19(2)3)8-10-20(12)17-16(22-4)15(21)13(23-17)9-11-24(5,6)7;1-11-17-13(18(2)3)7-9-19(11)16-15(21)14(20)12(22-16)8-10-23(4,5)6;1-11-18-13(17-2)7-9-19(11)16-15(21-3)14(20)12(22-16)8-10-23(4,5)6;1-9-17-14(16)10(8-19)7-18(9)15-13(21)12(20)11(22-15)5-6-23(2,3)4/h8,10,13,15-17,21H,1,5,9,11H2,2-4,6-7H3;7,9,12,14-16,20-21H,1,4,8,10H2,2-3,5-6H3;7,9,12,14-16,20H,1,4,8,10H2,2-3,5-6H3,(H,17,18);7,11-13,15,19-21H,1-2,5-6,8H2,3-4H3,(H2,16,17)/t13-,15-,16-,17-;2*12-,14-,15-,16-;11-,12-,13-,15-/m1111/s1. The lowest BCUT2D eigenvalue weighted by molar-refractivity contribution is -0.0709. The summed E-state index contributed by atoms with van der Waals surface area (Å²) < 4.78 is 35.0. The Morgan fingerprint density at radius 3 is 1.19 bits per heavy atom. The predicted octanol–water partition coefficient (Wildman–Crippen LogP) is 2.90. The quantitative estimate of drug-likeness (QED) is 0.0840. The van der Waals surface area contributed by atoms with Gasteiger partial charge in [0.2, 0.25) is 0 Å². The Labute approximate surface area is 554 Å². The molecule has 16 atom stereocenters. The highest BCUT2D eigenvalue weighted by atomic mass is 31.2. The maximum absolute atomic E-state index is 10.6. The van der Waals surface area contributed by atoms with Crippen LogP contribution >= 0.6 is 27.5 Å². The molecule has 0 aliphatic carbocycles. The van der Waals surface area contributed by atoms with Gasteiger partial charge in [-0.3, -0.25) is 4.99 Å². The molecule has 25 nitrogen and oxygen atoms in total. The number of nitrogens with two attached hydrogens (primary N) is 1. The summed E-state index contributed by atoms with van der Waals surface area (Å²) in [5.41, 5.74) is 6.12. The molecular weight excluding hydrogens is 1270 g/mol. The van der Waals surface area contributed by atoms with Gasteiger partial charge < -0.3 is 105 Å². The molecule has 10 N–H and O–H groups in total. The van der Waals surface area contributed by atoms with Crippen LogP contribution in [0.15, 0.2) is 118 Å². The van der Waals surface area contributed by atoms with Crippen LogP contribution in [-0.2, 0) is 28.4 Å². The summed E-state index contributed by atoms with van der Waals surface area (Å²) in [5.74, 6) is 4.52. The highest BCUT2D eigenvalue weighted by Crippen LogP contribution is 2.43. The first-order chi connectivity index (χ1) is 43.1. The molecule has 8 rings (SSSR count). The van der Waals surface area contributed by atoms with Gasteiger partial charge in [0.25, 0.3) is 0 Å². The van der Waals surface area contributed by atoms with E-state index in [1.54, 1.807) is 38.6 Å². The van der Waals surface area contributed by atoms with Crippen molar-refractivity contribution in [3.05, 3.63) is 98.2 Å². The molecule has 4 saturated heterocycles. The minimum absolute atomic E-state index is 0.182. The molecule has 526 valence electrons. The van der Waals surface area contributed by atoms with Crippen LogP contribution in [0.2, 0.25) is 0 Å². The molecule has 0 saturated carbocycles. The maximum atomic E-state index is 10.6. The van der Waals surface area contributed by atoms with Gasteiger partial charge >= 0.3 is 0 Å². The van der Waals surface area contributed by atoms with Crippen molar-refractivity contribution in [2.24, 2.45) is 25.7 Å². The second kappa shape index (κ2) is 33.8. The van der Waals surface area contributed by atoms with Crippen LogP contribution in [0.1, 0.15) is 25.7 Å². The number of hydrogen-bond donors (Lipinski definition) is 9. The third-order valence-electron chi connectivity index (χ3n) is 16.3. The van der Waals surface area contributed by atoms with Crippen molar-refractivity contribution in [1.82, 2.24) is 34.7 Å². The number of aliphatic imine (C=N–C) groups is 4. The van der Waals surface area contributed by atoms with Gasteiger partial charge in [-0.25, -0.2) is 15.0 Å². The van der Waals surface area contributed by atoms with Gasteiger partial charge in [-0.2, -0.15) is 0 Å². The van der Waals surface area contributed by atoms with Crippen LogP contribution in [0.25, 0.3) is 0 Å². The highest BCUT2D eigenvalue weighted by molar-refractivity contribution is 7.73. The van der Waals surface area contributed by atoms with E-state index in [-0.39, 0.29) is 24.7 Å². The first kappa shape index (κ1) is 79.4. The van der Waals surface area contributed by atoms with Gasteiger partial charge in [0.1, 0.15) is 95.5 Å². The lowest BCUT2D eigenvalue weighted by atomic mass is 10.1. The number of aliphatic hydroxyl groups excluding tert-OH is 7. The van der Waals surface area contributed by atoms with Gasteiger partial charge in [-0.05, 0) is 122 Å². The third kappa shape index (κ3) is 22.1. The minimum atomic E-state index is -1.24. The average molecular weight is 1380 g/mol. The van der Waals surface area contributed by atoms with Crippen molar-refractivity contribution >= 4 is 76.1 Å². The predicted molar refractivity (Wildman–Crippen MR) is 391 cm³/mol. The number of nitrogens with zero attached hydrogens (tertiary/aromatic N) is 10. The fourth-order valence-corrected chi connectivity index (χ4v) is 14.7. The average Bonchev–Trinajstić information content (AvgIpc) is 1.71. The van der Waals surface area contributed by atoms with E-state index >= 15 is 0 Å². The van der Waals surface area contributed by atoms with Gasteiger partial charge in [0.05, 0.1) is 31.0 Å². The Morgan fingerprint density at radius 1 is 0.527 bits per heavy atom. The molecule has 0 radical (unpaired) electrons. The van der Waals surface area contributed by atoms with Crippen LogP contribution in [0.3, 0.4) is 0 Å². The zero-order valence-corrected chi connectivity index (χ0v) is 61.3. The number of ether oxygens (including phenoxy) is 6. The lowest BCUT2D eigenvalue weighted by Gasteiger charge is -2.34. The van der Waals surface area contributed by atoms with Gasteiger partial charge in [0.15, 0.2) is 24.9 Å². The maximum Gasteiger partial charge on any atom is 0.164 e. The number of likely N-dealkylation sites (N-methyl/N-ethyl adjacent to an activating group) is 2. The van der Waals surface area contributed by atoms with Crippen molar-refractivity contribution in [2.75, 3.05) is 134 Å². The molecule has 4 fully saturated rings. The van der Waals surface area contributed by atoms with Crippen LogP contribution < -0.4 is 11.1 Å². The van der Waals surface area contributed by atoms with Crippen LogP contribution in [-0.4, -0.2) is 346 Å². The molecule has 29 heteroatoms. The molecule has 8 heterocycles. The molecule has 8 aliphatic heterocycles. The van der Waals surface area contributed by atoms with E-state index < -0.39 is 113 Å². The third-order valence-corrected chi connectivity index (χ3v) is 22.2. The monoisotopic (exact) mass is 1380 g/mol. The summed E-state index contributed by atoms with van der Waals surface area (Å²) in [4.78, 5) is 27.6. The van der Waals surface area contributed by atoms with Crippen LogP contribution in [0.5, 0.6) is 0 Å². The van der Waals surface area contributed by atoms with Crippen molar-refractivity contribution in [1.29, 1.82) is 0 Å². The SMILES string of the molecule is C=C1N=C(N(C)C)C=CN1[C@@H]1O[C@H](CCP(=C)(C)C)[C@@H](O)[C@H]1O.C=C1N=C(N(C)C)C=CN1[C@@H]1O[C@H](CCP(=C)(C)C)[C@@H](O)[C@H]1OC.C=C1N=C(N)C(CO)=CN1[C@@H]1O[C@H](CCP(=C)(C)C)[C@@H](O)[C@H]1O.C=C1NC(=NC)C=CN1[C@@H]1O[C@H](CCP(=C)(C)C)[C@@H](O)[C@H]1OC.